The minimum Gasteiger partial charge on any atom is -0.394 e. The average molecular weight is 405 g/mol. The van der Waals surface area contributed by atoms with E-state index in [1.54, 1.807) is 0 Å². The van der Waals surface area contributed by atoms with E-state index in [0.29, 0.717) is 46.2 Å². The van der Waals surface area contributed by atoms with Gasteiger partial charge in [-0.25, -0.2) is 0 Å². The molecule has 0 rings (SSSR count). The highest BCUT2D eigenvalue weighted by molar-refractivity contribution is 7.79. The second-order valence-electron chi connectivity index (χ2n) is 5.39. The summed E-state index contributed by atoms with van der Waals surface area (Å²) in [5, 5.41) is 8.49. The maximum absolute atomic E-state index is 8.74. The second-order valence-corrected chi connectivity index (χ2v) is 6.28. The van der Waals surface area contributed by atoms with Crippen molar-refractivity contribution in [3.63, 3.8) is 0 Å². The Bertz CT molecular complexity index is 324. The lowest BCUT2D eigenvalue weighted by Gasteiger charge is -2.07. The number of aliphatic hydroxyl groups excluding tert-OH is 1. The van der Waals surface area contributed by atoms with Gasteiger partial charge in [-0.1, -0.05) is 39.0 Å². The van der Waals surface area contributed by atoms with Crippen molar-refractivity contribution in [1.82, 2.24) is 0 Å². The van der Waals surface area contributed by atoms with E-state index in [4.69, 9.17) is 41.6 Å². The number of hydrogen-bond donors (Lipinski definition) is 3. The summed E-state index contributed by atoms with van der Waals surface area (Å²) in [6, 6.07) is 0. The van der Waals surface area contributed by atoms with Crippen LogP contribution in [0.25, 0.3) is 0 Å². The molecule has 0 aromatic heterocycles. The van der Waals surface area contributed by atoms with Gasteiger partial charge in [-0.05, 0) is 6.42 Å². The lowest BCUT2D eigenvalue weighted by molar-refractivity contribution is -0.00577. The van der Waals surface area contributed by atoms with Gasteiger partial charge in [-0.15, -0.1) is 0 Å². The van der Waals surface area contributed by atoms with Crippen molar-refractivity contribution in [2.45, 2.75) is 45.4 Å². The van der Waals surface area contributed by atoms with Crippen LogP contribution < -0.4 is 0 Å². The molecule has 9 nitrogen and oxygen atoms in total. The fourth-order valence-corrected chi connectivity index (χ4v) is 1.81. The molecule has 0 radical (unpaired) electrons. The van der Waals surface area contributed by atoms with Crippen LogP contribution in [0.5, 0.6) is 0 Å². The highest BCUT2D eigenvalue weighted by atomic mass is 32.3. The quantitative estimate of drug-likeness (QED) is 0.231. The zero-order valence-electron chi connectivity index (χ0n) is 15.8. The first-order valence-electron chi connectivity index (χ1n) is 9.03. The van der Waals surface area contributed by atoms with E-state index in [1.165, 1.54) is 32.1 Å². The summed E-state index contributed by atoms with van der Waals surface area (Å²) in [5.41, 5.74) is 0. The Morgan fingerprint density at radius 1 is 0.615 bits per heavy atom. The molecule has 0 spiro atoms. The minimum absolute atomic E-state index is 0.0574. The van der Waals surface area contributed by atoms with Crippen molar-refractivity contribution in [2.24, 2.45) is 0 Å². The zero-order valence-corrected chi connectivity index (χ0v) is 16.6. The molecule has 3 N–H and O–H groups in total. The van der Waals surface area contributed by atoms with E-state index in [9.17, 15) is 0 Å². The Balaban J connectivity index is 0. The summed E-state index contributed by atoms with van der Waals surface area (Å²) < 4.78 is 52.8. The van der Waals surface area contributed by atoms with Crippen LogP contribution in [0.15, 0.2) is 0 Å². The molecule has 10 heteroatoms. The minimum atomic E-state index is -4.67. The van der Waals surface area contributed by atoms with Gasteiger partial charge >= 0.3 is 10.4 Å². The van der Waals surface area contributed by atoms with E-state index in [2.05, 4.69) is 6.92 Å². The topological polar surface area (TPSA) is 132 Å². The highest BCUT2D eigenvalue weighted by Gasteiger charge is 1.93. The van der Waals surface area contributed by atoms with E-state index in [-0.39, 0.29) is 6.61 Å². The third-order valence-electron chi connectivity index (χ3n) is 2.99. The fraction of sp³-hybridized carbons (Fsp3) is 1.00. The highest BCUT2D eigenvalue weighted by Crippen LogP contribution is 2.04. The summed E-state index contributed by atoms with van der Waals surface area (Å²) in [4.78, 5) is 0. The summed E-state index contributed by atoms with van der Waals surface area (Å²) in [6.45, 7) is 7.00. The van der Waals surface area contributed by atoms with Gasteiger partial charge < -0.3 is 24.1 Å². The molecule has 0 aliphatic heterocycles. The molecule has 0 atom stereocenters. The van der Waals surface area contributed by atoms with Gasteiger partial charge in [0.1, 0.15) is 0 Å². The Kier molecular flexibility index (Phi) is 24.4. The Labute approximate surface area is 157 Å². The molecule has 0 amide bonds. The van der Waals surface area contributed by atoms with Crippen molar-refractivity contribution >= 4 is 10.4 Å². The second kappa shape index (κ2) is 22.7. The SMILES string of the molecule is CCCCCCCCOCCOCCOCCOCCO.O=S(=O)(O)O. The van der Waals surface area contributed by atoms with Gasteiger partial charge in [0.05, 0.1) is 52.9 Å². The van der Waals surface area contributed by atoms with Crippen LogP contribution >= 0.6 is 0 Å². The number of hydrogen-bond acceptors (Lipinski definition) is 7. The van der Waals surface area contributed by atoms with Crippen molar-refractivity contribution in [3.05, 3.63) is 0 Å². The van der Waals surface area contributed by atoms with Crippen LogP contribution in [-0.2, 0) is 29.3 Å². The molecule has 0 saturated carbocycles. The lowest BCUT2D eigenvalue weighted by atomic mass is 10.1. The standard InChI is InChI=1S/C16H34O5.H2O4S/c1-2-3-4-5-6-7-9-18-11-13-20-15-16-21-14-12-19-10-8-17;1-5(2,3)4/h17H,2-16H2,1H3;(H2,1,2,3,4). The molecular weight excluding hydrogens is 368 g/mol. The average Bonchev–Trinajstić information content (AvgIpc) is 2.56. The van der Waals surface area contributed by atoms with Crippen molar-refractivity contribution in [1.29, 1.82) is 0 Å². The molecule has 0 aromatic rings. The molecule has 0 aliphatic rings. The van der Waals surface area contributed by atoms with Crippen molar-refractivity contribution in [2.75, 3.05) is 59.5 Å². The summed E-state index contributed by atoms with van der Waals surface area (Å²) in [7, 11) is -4.67. The first kappa shape index (κ1) is 27.9. The normalized spacial score (nSPS) is 11.2. The van der Waals surface area contributed by atoms with Crippen LogP contribution in [0.1, 0.15) is 45.4 Å². The molecule has 0 aliphatic carbocycles. The van der Waals surface area contributed by atoms with E-state index in [0.717, 1.165) is 13.0 Å². The lowest BCUT2D eigenvalue weighted by Crippen LogP contribution is -2.12. The summed E-state index contributed by atoms with van der Waals surface area (Å²) in [5.74, 6) is 0. The molecule has 0 heterocycles. The monoisotopic (exact) mass is 404 g/mol. The first-order valence-corrected chi connectivity index (χ1v) is 10.4. The van der Waals surface area contributed by atoms with Crippen LogP contribution in [0.4, 0.5) is 0 Å². The van der Waals surface area contributed by atoms with Crippen LogP contribution in [0.2, 0.25) is 0 Å². The Morgan fingerprint density at radius 2 is 0.962 bits per heavy atom. The first-order chi connectivity index (χ1) is 12.4. The third kappa shape index (κ3) is 39.0. The molecule has 0 unspecified atom stereocenters. The van der Waals surface area contributed by atoms with Gasteiger partial charge in [0.2, 0.25) is 0 Å². The van der Waals surface area contributed by atoms with Gasteiger partial charge in [-0.3, -0.25) is 9.11 Å². The molecule has 0 saturated heterocycles. The Hall–Kier alpha value is -0.330. The van der Waals surface area contributed by atoms with Crippen LogP contribution in [-0.4, -0.2) is 82.1 Å². The van der Waals surface area contributed by atoms with E-state index < -0.39 is 10.4 Å². The smallest absolute Gasteiger partial charge is 0.394 e. The van der Waals surface area contributed by atoms with Gasteiger partial charge in [0, 0.05) is 6.61 Å². The van der Waals surface area contributed by atoms with Gasteiger partial charge in [0.25, 0.3) is 0 Å². The predicted octanol–water partition coefficient (Wildman–Crippen LogP) is 1.75. The molecule has 0 aromatic carbocycles. The summed E-state index contributed by atoms with van der Waals surface area (Å²) >= 11 is 0. The van der Waals surface area contributed by atoms with Gasteiger partial charge in [0.15, 0.2) is 0 Å². The van der Waals surface area contributed by atoms with Crippen LogP contribution in [0, 0.1) is 0 Å². The Morgan fingerprint density at radius 3 is 1.38 bits per heavy atom. The predicted molar refractivity (Wildman–Crippen MR) is 97.9 cm³/mol. The molecule has 26 heavy (non-hydrogen) atoms. The molecule has 0 bridgehead atoms. The molecular formula is C16H36O9S. The maximum Gasteiger partial charge on any atom is 0.394 e. The van der Waals surface area contributed by atoms with Gasteiger partial charge in [-0.2, -0.15) is 8.42 Å². The number of ether oxygens (including phenoxy) is 4. The van der Waals surface area contributed by atoms with E-state index in [1.807, 2.05) is 0 Å². The number of unbranched alkanes of at least 4 members (excludes halogenated alkanes) is 5. The number of rotatable bonds is 18. The maximum atomic E-state index is 8.74. The summed E-state index contributed by atoms with van der Waals surface area (Å²) in [6.07, 6.45) is 7.75. The van der Waals surface area contributed by atoms with Crippen molar-refractivity contribution in [3.8, 4) is 0 Å². The van der Waals surface area contributed by atoms with Crippen LogP contribution in [0.3, 0.4) is 0 Å². The third-order valence-corrected chi connectivity index (χ3v) is 2.99. The number of aliphatic hydroxyl groups is 1. The largest absolute Gasteiger partial charge is 0.394 e. The zero-order chi connectivity index (χ0) is 19.9. The van der Waals surface area contributed by atoms with Crippen molar-refractivity contribution < 1.29 is 41.6 Å². The molecule has 0 fully saturated rings. The van der Waals surface area contributed by atoms with E-state index >= 15 is 0 Å². The fourth-order valence-electron chi connectivity index (χ4n) is 1.81. The molecule has 160 valence electrons.